The Morgan fingerprint density at radius 1 is 1.21 bits per heavy atom. The number of hydrogen-bond donors (Lipinski definition) is 1. The van der Waals surface area contributed by atoms with Crippen molar-refractivity contribution in [3.05, 3.63) is 36.3 Å². The van der Waals surface area contributed by atoms with Crippen molar-refractivity contribution < 1.29 is 13.2 Å². The molecular formula is C11H12F3N5. The number of nitrogens with zero attached hydrogens (tertiary/aromatic N) is 4. The first-order chi connectivity index (χ1) is 9.05. The summed E-state index contributed by atoms with van der Waals surface area (Å²) < 4.78 is 38.5. The molecule has 1 N–H and O–H groups in total. The topological polar surface area (TPSA) is 55.6 Å². The number of halogens is 3. The molecule has 2 heterocycles. The van der Waals surface area contributed by atoms with Gasteiger partial charge in [-0.25, -0.2) is 0 Å². The predicted molar refractivity (Wildman–Crippen MR) is 62.4 cm³/mol. The summed E-state index contributed by atoms with van der Waals surface area (Å²) in [5.74, 6) is 0.327. The van der Waals surface area contributed by atoms with Crippen molar-refractivity contribution in [1.29, 1.82) is 0 Å². The largest absolute Gasteiger partial charge is 0.435 e. The normalized spacial score (nSPS) is 11.5. The van der Waals surface area contributed by atoms with Gasteiger partial charge in [-0.05, 0) is 24.6 Å². The van der Waals surface area contributed by atoms with E-state index in [4.69, 9.17) is 0 Å². The van der Waals surface area contributed by atoms with Gasteiger partial charge in [-0.2, -0.15) is 18.3 Å². The Bertz CT molecular complexity index is 492. The number of aromatic nitrogens is 4. The number of rotatable bonds is 5. The van der Waals surface area contributed by atoms with Gasteiger partial charge in [-0.15, -0.1) is 10.2 Å². The Balaban J connectivity index is 1.77. The molecule has 0 unspecified atom stereocenters. The van der Waals surface area contributed by atoms with Crippen LogP contribution in [-0.2, 0) is 12.7 Å². The monoisotopic (exact) mass is 271 g/mol. The highest BCUT2D eigenvalue weighted by Crippen LogP contribution is 2.26. The van der Waals surface area contributed by atoms with Gasteiger partial charge in [-0.1, -0.05) is 0 Å². The van der Waals surface area contributed by atoms with Crippen molar-refractivity contribution in [3.63, 3.8) is 0 Å². The molecule has 2 aromatic rings. The highest BCUT2D eigenvalue weighted by atomic mass is 19.4. The van der Waals surface area contributed by atoms with E-state index in [0.29, 0.717) is 12.4 Å². The summed E-state index contributed by atoms with van der Waals surface area (Å²) in [6.45, 7) is 1.31. The molecule has 0 aliphatic rings. The van der Waals surface area contributed by atoms with Crippen molar-refractivity contribution in [3.8, 4) is 0 Å². The minimum atomic E-state index is -4.45. The van der Waals surface area contributed by atoms with Crippen LogP contribution in [0.15, 0.2) is 30.6 Å². The van der Waals surface area contributed by atoms with Crippen LogP contribution in [0.4, 0.5) is 19.0 Å². The van der Waals surface area contributed by atoms with E-state index in [1.807, 2.05) is 12.3 Å². The van der Waals surface area contributed by atoms with Crippen molar-refractivity contribution in [2.24, 2.45) is 0 Å². The summed E-state index contributed by atoms with van der Waals surface area (Å²) >= 11 is 0. The van der Waals surface area contributed by atoms with E-state index in [0.717, 1.165) is 19.0 Å². The van der Waals surface area contributed by atoms with Gasteiger partial charge in [0.2, 0.25) is 0 Å². The fraction of sp³-hybridized carbons (Fsp3) is 0.364. The zero-order valence-electron chi connectivity index (χ0n) is 9.93. The van der Waals surface area contributed by atoms with Gasteiger partial charge >= 0.3 is 6.18 Å². The first-order valence-corrected chi connectivity index (χ1v) is 5.68. The third-order valence-electron chi connectivity index (χ3n) is 2.38. The molecule has 0 saturated heterocycles. The second kappa shape index (κ2) is 5.68. The molecule has 5 nitrogen and oxygen atoms in total. The summed E-state index contributed by atoms with van der Waals surface area (Å²) in [5, 5.41) is 13.5. The van der Waals surface area contributed by atoms with E-state index < -0.39 is 11.9 Å². The van der Waals surface area contributed by atoms with Crippen molar-refractivity contribution in [2.45, 2.75) is 19.1 Å². The number of hydrogen-bond acceptors (Lipinski definition) is 4. The zero-order chi connectivity index (χ0) is 13.7. The van der Waals surface area contributed by atoms with Crippen molar-refractivity contribution in [2.75, 3.05) is 11.9 Å². The Kier molecular flexibility index (Phi) is 3.98. The highest BCUT2D eigenvalue weighted by Gasteiger charge is 2.32. The molecule has 19 heavy (non-hydrogen) atoms. The Hall–Kier alpha value is -2.12. The van der Waals surface area contributed by atoms with E-state index in [1.54, 1.807) is 10.9 Å². The quantitative estimate of drug-likeness (QED) is 0.847. The predicted octanol–water partition coefficient (Wildman–Crippen LogP) is 2.19. The molecule has 0 spiro atoms. The molecule has 0 bridgehead atoms. The summed E-state index contributed by atoms with van der Waals surface area (Å²) in [7, 11) is 0. The molecule has 2 aromatic heterocycles. The van der Waals surface area contributed by atoms with Crippen molar-refractivity contribution in [1.82, 2.24) is 20.0 Å². The van der Waals surface area contributed by atoms with Crippen LogP contribution in [0.1, 0.15) is 12.1 Å². The van der Waals surface area contributed by atoms with Gasteiger partial charge in [0.25, 0.3) is 0 Å². The third-order valence-corrected chi connectivity index (χ3v) is 2.38. The maximum Gasteiger partial charge on any atom is 0.435 e. The fourth-order valence-electron chi connectivity index (χ4n) is 1.47. The second-order valence-corrected chi connectivity index (χ2v) is 3.85. The van der Waals surface area contributed by atoms with Crippen LogP contribution in [0.2, 0.25) is 0 Å². The molecule has 0 aliphatic carbocycles. The molecule has 0 aliphatic heterocycles. The van der Waals surface area contributed by atoms with Gasteiger partial charge in [0.1, 0.15) is 5.82 Å². The van der Waals surface area contributed by atoms with E-state index in [-0.39, 0.29) is 0 Å². The van der Waals surface area contributed by atoms with Crippen LogP contribution in [0.3, 0.4) is 0 Å². The van der Waals surface area contributed by atoms with Gasteiger partial charge in [0.15, 0.2) is 5.69 Å². The molecule has 2 rings (SSSR count). The maximum atomic E-state index is 12.3. The minimum Gasteiger partial charge on any atom is -0.369 e. The van der Waals surface area contributed by atoms with Crippen LogP contribution in [0.5, 0.6) is 0 Å². The molecular weight excluding hydrogens is 259 g/mol. The Labute approximate surface area is 107 Å². The summed E-state index contributed by atoms with van der Waals surface area (Å²) in [6, 6.07) is 4.00. The zero-order valence-corrected chi connectivity index (χ0v) is 9.93. The molecule has 0 radical (unpaired) electrons. The molecule has 0 atom stereocenters. The van der Waals surface area contributed by atoms with Gasteiger partial charge < -0.3 is 5.32 Å². The van der Waals surface area contributed by atoms with Crippen LogP contribution >= 0.6 is 0 Å². The van der Waals surface area contributed by atoms with Gasteiger partial charge in [0, 0.05) is 25.5 Å². The number of aryl methyl sites for hydroxylation is 1. The average Bonchev–Trinajstić information content (AvgIpc) is 2.87. The molecule has 102 valence electrons. The van der Waals surface area contributed by atoms with Crippen LogP contribution in [0, 0.1) is 0 Å². The van der Waals surface area contributed by atoms with E-state index in [2.05, 4.69) is 20.6 Å². The second-order valence-electron chi connectivity index (χ2n) is 3.85. The Morgan fingerprint density at radius 2 is 2.05 bits per heavy atom. The lowest BCUT2D eigenvalue weighted by Crippen LogP contribution is -2.12. The third kappa shape index (κ3) is 3.94. The summed E-state index contributed by atoms with van der Waals surface area (Å²) in [6.07, 6.45) is -0.136. The van der Waals surface area contributed by atoms with E-state index in [1.165, 1.54) is 6.07 Å². The van der Waals surface area contributed by atoms with Gasteiger partial charge in [0.05, 0.1) is 0 Å². The van der Waals surface area contributed by atoms with Crippen LogP contribution in [-0.4, -0.2) is 26.5 Å². The fourth-order valence-corrected chi connectivity index (χ4v) is 1.47. The first kappa shape index (κ1) is 13.3. The molecule has 0 amide bonds. The summed E-state index contributed by atoms with van der Waals surface area (Å²) in [4.78, 5) is 0. The van der Waals surface area contributed by atoms with Crippen molar-refractivity contribution >= 4 is 5.82 Å². The molecule has 0 saturated carbocycles. The lowest BCUT2D eigenvalue weighted by molar-refractivity contribution is -0.141. The average molecular weight is 271 g/mol. The van der Waals surface area contributed by atoms with Gasteiger partial charge in [-0.3, -0.25) is 4.68 Å². The number of nitrogens with one attached hydrogen (secondary N) is 1. The minimum absolute atomic E-state index is 0.327. The lowest BCUT2D eigenvalue weighted by atomic mass is 10.3. The molecule has 0 fully saturated rings. The number of alkyl halides is 3. The first-order valence-electron chi connectivity index (χ1n) is 5.68. The van der Waals surface area contributed by atoms with E-state index in [9.17, 15) is 13.2 Å². The Morgan fingerprint density at radius 3 is 2.63 bits per heavy atom. The smallest absolute Gasteiger partial charge is 0.369 e. The lowest BCUT2D eigenvalue weighted by Gasteiger charge is -2.07. The highest BCUT2D eigenvalue weighted by molar-refractivity contribution is 5.33. The SMILES string of the molecule is FC(F)(F)c1ccc(NCCCn2cccn2)nn1. The molecule has 8 heteroatoms. The number of anilines is 1. The van der Waals surface area contributed by atoms with E-state index >= 15 is 0 Å². The van der Waals surface area contributed by atoms with Crippen LogP contribution < -0.4 is 5.32 Å². The standard InChI is InChI=1S/C11H12F3N5/c12-11(13,14)9-3-4-10(18-17-9)15-5-1-7-19-8-2-6-16-19/h2-4,6,8H,1,5,7H2,(H,15,18). The summed E-state index contributed by atoms with van der Waals surface area (Å²) in [5.41, 5.74) is -0.991. The van der Waals surface area contributed by atoms with Crippen LogP contribution in [0.25, 0.3) is 0 Å². The molecule has 0 aromatic carbocycles. The maximum absolute atomic E-state index is 12.3.